The second kappa shape index (κ2) is 6.57. The molecule has 9 heteroatoms. The minimum atomic E-state index is -4.02. The molecule has 110 valence electrons. The van der Waals surface area contributed by atoms with E-state index in [-0.39, 0.29) is 21.2 Å². The Balaban J connectivity index is 2.93. The fourth-order valence-electron chi connectivity index (χ4n) is 1.20. The Labute approximate surface area is 125 Å². The Hall–Kier alpha value is -1.09. The maximum absolute atomic E-state index is 11.9. The van der Waals surface area contributed by atoms with E-state index in [9.17, 15) is 18.0 Å². The number of sulfonamides is 1. The predicted molar refractivity (Wildman–Crippen MR) is 76.4 cm³/mol. The number of rotatable bonds is 5. The second-order valence-corrected chi connectivity index (χ2v) is 6.96. The molecule has 20 heavy (non-hydrogen) atoms. The van der Waals surface area contributed by atoms with Gasteiger partial charge in [0.25, 0.3) is 0 Å². The highest BCUT2D eigenvalue weighted by Crippen LogP contribution is 2.24. The molecule has 0 unspecified atom stereocenters. The number of aliphatic carboxylic acids is 1. The lowest BCUT2D eigenvalue weighted by atomic mass is 10.2. The van der Waals surface area contributed by atoms with Crippen molar-refractivity contribution in [3.8, 4) is 0 Å². The third-order valence-electron chi connectivity index (χ3n) is 2.36. The maximum Gasteiger partial charge on any atom is 0.307 e. The number of carbonyl (C=O) groups excluding carboxylic acids is 1. The van der Waals surface area contributed by atoms with Crippen LogP contribution in [0, 0.1) is 5.92 Å². The third kappa shape index (κ3) is 4.48. The summed E-state index contributed by atoms with van der Waals surface area (Å²) in [4.78, 5) is 22.2. The van der Waals surface area contributed by atoms with E-state index in [1.54, 1.807) is 0 Å². The Bertz CT molecular complexity index is 644. The molecule has 0 fully saturated rings. The van der Waals surface area contributed by atoms with Crippen molar-refractivity contribution in [2.24, 2.45) is 11.1 Å². The van der Waals surface area contributed by atoms with E-state index in [4.69, 9.17) is 21.8 Å². The summed E-state index contributed by atoms with van der Waals surface area (Å²) in [7, 11) is -4.02. The molecule has 0 saturated carbocycles. The molecule has 0 aliphatic rings. The zero-order valence-corrected chi connectivity index (χ0v) is 12.8. The van der Waals surface area contributed by atoms with Gasteiger partial charge in [0.2, 0.25) is 15.1 Å². The molecule has 1 aromatic carbocycles. The molecule has 0 bridgehead atoms. The number of carboxylic acids is 1. The van der Waals surface area contributed by atoms with Gasteiger partial charge in [0.15, 0.2) is 0 Å². The number of halogens is 1. The standard InChI is InChI=1S/C11H12ClNO5S2/c1-6(10(14)15)5-19-11(16)7-2-3-8(12)9(4-7)20(13,17)18/h2-4,6H,5H2,1H3,(H,14,15)(H2,13,17,18)/t6-/m0/s1. The summed E-state index contributed by atoms with van der Waals surface area (Å²) >= 11 is 6.49. The number of primary sulfonamides is 1. The molecule has 0 saturated heterocycles. The Morgan fingerprint density at radius 3 is 2.55 bits per heavy atom. The number of thioether (sulfide) groups is 1. The topological polar surface area (TPSA) is 115 Å². The number of hydrogen-bond donors (Lipinski definition) is 2. The zero-order chi connectivity index (χ0) is 15.5. The molecule has 0 amide bonds. The van der Waals surface area contributed by atoms with E-state index < -0.39 is 27.0 Å². The third-order valence-corrected chi connectivity index (χ3v) is 4.92. The fraction of sp³-hybridized carbons (Fsp3) is 0.273. The van der Waals surface area contributed by atoms with E-state index >= 15 is 0 Å². The first-order chi connectivity index (χ1) is 9.12. The van der Waals surface area contributed by atoms with Crippen LogP contribution in [0.5, 0.6) is 0 Å². The number of hydrogen-bond acceptors (Lipinski definition) is 5. The summed E-state index contributed by atoms with van der Waals surface area (Å²) < 4.78 is 22.6. The molecular formula is C11H12ClNO5S2. The normalized spacial score (nSPS) is 12.9. The monoisotopic (exact) mass is 337 g/mol. The van der Waals surface area contributed by atoms with Gasteiger partial charge >= 0.3 is 5.97 Å². The lowest BCUT2D eigenvalue weighted by Crippen LogP contribution is -2.14. The van der Waals surface area contributed by atoms with Crippen LogP contribution in [0.25, 0.3) is 0 Å². The number of carbonyl (C=O) groups is 2. The summed E-state index contributed by atoms with van der Waals surface area (Å²) in [6, 6.07) is 3.70. The molecule has 1 rings (SSSR count). The van der Waals surface area contributed by atoms with E-state index in [0.29, 0.717) is 0 Å². The predicted octanol–water partition coefficient (Wildman–Crippen LogP) is 1.58. The summed E-state index contributed by atoms with van der Waals surface area (Å²) in [5, 5.41) is 13.2. The van der Waals surface area contributed by atoms with Crippen LogP contribution in [0.4, 0.5) is 0 Å². The summed E-state index contributed by atoms with van der Waals surface area (Å²) in [6.45, 7) is 1.47. The quantitative estimate of drug-likeness (QED) is 0.843. The molecule has 6 nitrogen and oxygen atoms in total. The number of carboxylic acid groups (broad SMARTS) is 1. The molecule has 1 aromatic rings. The highest BCUT2D eigenvalue weighted by Gasteiger charge is 2.18. The van der Waals surface area contributed by atoms with Crippen molar-refractivity contribution < 1.29 is 23.1 Å². The lowest BCUT2D eigenvalue weighted by Gasteiger charge is -2.07. The Kier molecular flexibility index (Phi) is 5.58. The summed E-state index contributed by atoms with van der Waals surface area (Å²) in [5.41, 5.74) is 0.0982. The zero-order valence-electron chi connectivity index (χ0n) is 10.4. The van der Waals surface area contributed by atoms with E-state index in [2.05, 4.69) is 0 Å². The van der Waals surface area contributed by atoms with E-state index in [0.717, 1.165) is 17.8 Å². The van der Waals surface area contributed by atoms with Gasteiger partial charge in [-0.1, -0.05) is 30.3 Å². The molecule has 0 aliphatic carbocycles. The highest BCUT2D eigenvalue weighted by molar-refractivity contribution is 8.14. The van der Waals surface area contributed by atoms with Gasteiger partial charge in [-0.2, -0.15) is 0 Å². The van der Waals surface area contributed by atoms with Gasteiger partial charge in [-0.05, 0) is 18.2 Å². The Morgan fingerprint density at radius 2 is 2.05 bits per heavy atom. The molecule has 0 aliphatic heterocycles. The van der Waals surface area contributed by atoms with Crippen molar-refractivity contribution in [3.63, 3.8) is 0 Å². The van der Waals surface area contributed by atoms with Crippen LogP contribution >= 0.6 is 23.4 Å². The molecule has 3 N–H and O–H groups in total. The van der Waals surface area contributed by atoms with E-state index in [1.165, 1.54) is 19.1 Å². The molecular weight excluding hydrogens is 326 g/mol. The van der Waals surface area contributed by atoms with Gasteiger partial charge in [0, 0.05) is 11.3 Å². The smallest absolute Gasteiger partial charge is 0.307 e. The minimum absolute atomic E-state index is 0.0760. The Morgan fingerprint density at radius 1 is 1.45 bits per heavy atom. The summed E-state index contributed by atoms with van der Waals surface area (Å²) in [5.74, 6) is -1.61. The lowest BCUT2D eigenvalue weighted by molar-refractivity contribution is -0.140. The molecule has 0 radical (unpaired) electrons. The van der Waals surface area contributed by atoms with Crippen LogP contribution in [0.2, 0.25) is 5.02 Å². The summed E-state index contributed by atoms with van der Waals surface area (Å²) in [6.07, 6.45) is 0. The number of benzene rings is 1. The highest BCUT2D eigenvalue weighted by atomic mass is 35.5. The first-order valence-electron chi connectivity index (χ1n) is 5.35. The second-order valence-electron chi connectivity index (χ2n) is 4.03. The van der Waals surface area contributed by atoms with E-state index in [1.807, 2.05) is 0 Å². The van der Waals surface area contributed by atoms with Crippen LogP contribution < -0.4 is 5.14 Å². The average Bonchev–Trinajstić information content (AvgIpc) is 2.34. The van der Waals surface area contributed by atoms with Gasteiger partial charge < -0.3 is 5.11 Å². The minimum Gasteiger partial charge on any atom is -0.481 e. The average molecular weight is 338 g/mol. The van der Waals surface area contributed by atoms with Crippen molar-refractivity contribution in [1.29, 1.82) is 0 Å². The van der Waals surface area contributed by atoms with Crippen LogP contribution in [0.15, 0.2) is 23.1 Å². The molecule has 0 heterocycles. The number of nitrogens with two attached hydrogens (primary N) is 1. The molecule has 0 spiro atoms. The van der Waals surface area contributed by atoms with Crippen molar-refractivity contribution in [1.82, 2.24) is 0 Å². The first kappa shape index (κ1) is 17.0. The van der Waals surface area contributed by atoms with Crippen LogP contribution in [0.3, 0.4) is 0 Å². The van der Waals surface area contributed by atoms with Crippen molar-refractivity contribution in [3.05, 3.63) is 28.8 Å². The molecule has 1 atom stereocenters. The van der Waals surface area contributed by atoms with Crippen LogP contribution in [0.1, 0.15) is 17.3 Å². The van der Waals surface area contributed by atoms with Crippen molar-refractivity contribution >= 4 is 44.5 Å². The molecule has 0 aromatic heterocycles. The first-order valence-corrected chi connectivity index (χ1v) is 8.26. The van der Waals surface area contributed by atoms with Gasteiger partial charge in [0.05, 0.1) is 10.9 Å². The maximum atomic E-state index is 11.9. The SMILES string of the molecule is C[C@@H](CSC(=O)c1ccc(Cl)c(S(N)(=O)=O)c1)C(=O)O. The van der Waals surface area contributed by atoms with Gasteiger partial charge in [-0.25, -0.2) is 13.6 Å². The largest absolute Gasteiger partial charge is 0.481 e. The van der Waals surface area contributed by atoms with Crippen molar-refractivity contribution in [2.75, 3.05) is 5.75 Å². The van der Waals surface area contributed by atoms with Gasteiger partial charge in [0.1, 0.15) is 4.90 Å². The fourth-order valence-corrected chi connectivity index (χ4v) is 3.11. The van der Waals surface area contributed by atoms with Gasteiger partial charge in [-0.15, -0.1) is 0 Å². The van der Waals surface area contributed by atoms with Crippen molar-refractivity contribution in [2.45, 2.75) is 11.8 Å². The van der Waals surface area contributed by atoms with Crippen LogP contribution in [-0.4, -0.2) is 30.4 Å². The van der Waals surface area contributed by atoms with Crippen LogP contribution in [-0.2, 0) is 14.8 Å². The van der Waals surface area contributed by atoms with Gasteiger partial charge in [-0.3, -0.25) is 9.59 Å².